The summed E-state index contributed by atoms with van der Waals surface area (Å²) in [5, 5.41) is 8.80. The Bertz CT molecular complexity index is 633. The Morgan fingerprint density at radius 2 is 1.59 bits per heavy atom. The summed E-state index contributed by atoms with van der Waals surface area (Å²) in [5.41, 5.74) is 0.766. The Hall–Kier alpha value is -0.883. The Kier molecular flexibility index (Phi) is 13.5. The summed E-state index contributed by atoms with van der Waals surface area (Å²) in [6, 6.07) is 3.75. The minimum atomic E-state index is -2.46. The predicted molar refractivity (Wildman–Crippen MR) is 125 cm³/mol. The average Bonchev–Trinajstić information content (AvgIpc) is 2.65. The van der Waals surface area contributed by atoms with Gasteiger partial charge in [-0.1, -0.05) is 51.5 Å². The fourth-order valence-electron chi connectivity index (χ4n) is 2.67. The summed E-state index contributed by atoms with van der Waals surface area (Å²) in [5.74, 6) is 0.370. The number of halogens is 3. The first kappa shape index (κ1) is 26.2. The van der Waals surface area contributed by atoms with Gasteiger partial charge in [0.25, 0.3) is 0 Å². The highest BCUT2D eigenvalue weighted by Crippen LogP contribution is 2.30. The third-order valence-electron chi connectivity index (χ3n) is 4.25. The monoisotopic (exact) mass is 480 g/mol. The fourth-order valence-corrected chi connectivity index (χ4v) is 4.52. The van der Waals surface area contributed by atoms with E-state index in [0.29, 0.717) is 24.7 Å². The number of unbranched alkanes of at least 4 members (excludes halogenated alkanes) is 6. The van der Waals surface area contributed by atoms with Crippen molar-refractivity contribution in [2.75, 3.05) is 13.2 Å². The normalized spacial score (nSPS) is 11.7. The third kappa shape index (κ3) is 13.9. The molecule has 0 saturated carbocycles. The van der Waals surface area contributed by atoms with Gasteiger partial charge in [-0.15, -0.1) is 33.2 Å². The van der Waals surface area contributed by atoms with Crippen molar-refractivity contribution in [3.8, 4) is 11.5 Å². The topological polar surface area (TPSA) is 55.8 Å². The highest BCUT2D eigenvalue weighted by molar-refractivity contribution is 7.64. The molecule has 0 aromatic heterocycles. The van der Waals surface area contributed by atoms with Crippen LogP contribution in [0.2, 0.25) is 6.04 Å². The molecule has 4 nitrogen and oxygen atoms in total. The van der Waals surface area contributed by atoms with Crippen molar-refractivity contribution < 1.29 is 19.4 Å². The van der Waals surface area contributed by atoms with Crippen molar-refractivity contribution in [2.45, 2.75) is 64.3 Å². The summed E-state index contributed by atoms with van der Waals surface area (Å²) < 4.78 is 11.7. The molecule has 0 unspecified atom stereocenters. The Balaban J connectivity index is 2.42. The van der Waals surface area contributed by atoms with Crippen LogP contribution in [0.25, 0.3) is 6.08 Å². The lowest BCUT2D eigenvalue weighted by atomic mass is 10.1. The Labute approximate surface area is 189 Å². The summed E-state index contributed by atoms with van der Waals surface area (Å²) in [7, 11) is 0. The molecule has 0 aliphatic carbocycles. The van der Waals surface area contributed by atoms with Gasteiger partial charge in [-0.25, -0.2) is 4.79 Å². The zero-order valence-electron chi connectivity index (χ0n) is 17.0. The van der Waals surface area contributed by atoms with Crippen LogP contribution in [0.1, 0.15) is 63.9 Å². The van der Waals surface area contributed by atoms with Crippen molar-refractivity contribution >= 4 is 51.3 Å². The highest BCUT2D eigenvalue weighted by Gasteiger charge is 2.23. The van der Waals surface area contributed by atoms with Crippen molar-refractivity contribution in [3.63, 3.8) is 0 Å². The number of carbonyl (C=O) groups is 1. The molecule has 0 atom stereocenters. The summed E-state index contributed by atoms with van der Waals surface area (Å²) >= 11 is 17.6. The SMILES string of the molecule is CCCCOc1ccc(/C=C/C(=O)O)cc1OCCCCCCCC[Si](Cl)(Cl)Cl. The van der Waals surface area contributed by atoms with Gasteiger partial charge in [-0.2, -0.15) is 0 Å². The zero-order valence-corrected chi connectivity index (χ0v) is 20.2. The summed E-state index contributed by atoms with van der Waals surface area (Å²) in [4.78, 5) is 10.7. The highest BCUT2D eigenvalue weighted by atomic mass is 35.8. The maximum atomic E-state index is 10.7. The zero-order chi connectivity index (χ0) is 21.5. The molecule has 0 spiro atoms. The van der Waals surface area contributed by atoms with E-state index in [0.717, 1.165) is 69.1 Å². The molecule has 1 N–H and O–H groups in total. The van der Waals surface area contributed by atoms with Crippen LogP contribution < -0.4 is 9.47 Å². The molecule has 8 heteroatoms. The minimum Gasteiger partial charge on any atom is -0.490 e. The number of hydrogen-bond acceptors (Lipinski definition) is 3. The van der Waals surface area contributed by atoms with Crippen LogP contribution >= 0.6 is 33.2 Å². The molecule has 164 valence electrons. The smallest absolute Gasteiger partial charge is 0.341 e. The molecule has 0 bridgehead atoms. The maximum absolute atomic E-state index is 10.7. The number of carboxylic acids is 1. The lowest BCUT2D eigenvalue weighted by molar-refractivity contribution is -0.131. The van der Waals surface area contributed by atoms with E-state index in [1.54, 1.807) is 6.08 Å². The molecule has 0 heterocycles. The third-order valence-corrected chi connectivity index (χ3v) is 6.88. The molecular weight excluding hydrogens is 451 g/mol. The van der Waals surface area contributed by atoms with E-state index >= 15 is 0 Å². The lowest BCUT2D eigenvalue weighted by Gasteiger charge is -2.13. The number of ether oxygens (including phenoxy) is 2. The van der Waals surface area contributed by atoms with Gasteiger partial charge in [0.2, 0.25) is 0 Å². The van der Waals surface area contributed by atoms with E-state index in [1.807, 2.05) is 18.2 Å². The fraction of sp³-hybridized carbons (Fsp3) is 0.571. The molecule has 29 heavy (non-hydrogen) atoms. The van der Waals surface area contributed by atoms with Gasteiger partial charge in [-0.3, -0.25) is 0 Å². The average molecular weight is 482 g/mol. The molecule has 0 amide bonds. The van der Waals surface area contributed by atoms with Crippen LogP contribution in [0, 0.1) is 0 Å². The molecule has 0 radical (unpaired) electrons. The van der Waals surface area contributed by atoms with Crippen LogP contribution in [0.4, 0.5) is 0 Å². The first-order valence-corrected chi connectivity index (χ1v) is 15.4. The summed E-state index contributed by atoms with van der Waals surface area (Å²) in [6.45, 7) is 3.34. The largest absolute Gasteiger partial charge is 0.490 e. The molecule has 1 aromatic carbocycles. The van der Waals surface area contributed by atoms with Crippen molar-refractivity contribution in [3.05, 3.63) is 29.8 Å². The van der Waals surface area contributed by atoms with Gasteiger partial charge in [0, 0.05) is 6.08 Å². The Morgan fingerprint density at radius 3 is 2.24 bits per heavy atom. The van der Waals surface area contributed by atoms with E-state index in [9.17, 15) is 4.79 Å². The molecule has 0 aliphatic heterocycles. The van der Waals surface area contributed by atoms with E-state index in [4.69, 9.17) is 47.8 Å². The van der Waals surface area contributed by atoms with Crippen LogP contribution in [0.15, 0.2) is 24.3 Å². The van der Waals surface area contributed by atoms with Crippen molar-refractivity contribution in [1.29, 1.82) is 0 Å². The van der Waals surface area contributed by atoms with Gasteiger partial charge in [0.05, 0.1) is 13.2 Å². The number of benzene rings is 1. The van der Waals surface area contributed by atoms with E-state index < -0.39 is 12.0 Å². The van der Waals surface area contributed by atoms with Crippen molar-refractivity contribution in [2.24, 2.45) is 0 Å². The predicted octanol–water partition coefficient (Wildman–Crippen LogP) is 7.34. The minimum absolute atomic E-state index is 0.595. The maximum Gasteiger partial charge on any atom is 0.341 e. The first-order chi connectivity index (χ1) is 13.8. The first-order valence-electron chi connectivity index (χ1n) is 10.2. The van der Waals surface area contributed by atoms with Gasteiger partial charge >= 0.3 is 12.0 Å². The van der Waals surface area contributed by atoms with Crippen LogP contribution in [0.3, 0.4) is 0 Å². The van der Waals surface area contributed by atoms with Gasteiger partial charge in [0.1, 0.15) is 0 Å². The number of carboxylic acid groups (broad SMARTS) is 1. The van der Waals surface area contributed by atoms with Crippen LogP contribution in [-0.4, -0.2) is 30.3 Å². The molecule has 0 aliphatic rings. The number of hydrogen-bond donors (Lipinski definition) is 1. The van der Waals surface area contributed by atoms with Gasteiger partial charge < -0.3 is 14.6 Å². The standard InChI is InChI=1S/C21H31Cl3O4Si/c1-2-3-14-27-19-12-10-18(11-13-21(25)26)17-20(19)28-15-8-6-4-5-7-9-16-29(22,23)24/h10-13,17H,2-9,14-16H2,1H3,(H,25,26)/b13-11+. The second kappa shape index (κ2) is 15.0. The van der Waals surface area contributed by atoms with E-state index in [1.165, 1.54) is 0 Å². The summed E-state index contributed by atoms with van der Waals surface area (Å²) in [6.07, 6.45) is 11.1. The molecule has 0 fully saturated rings. The van der Waals surface area contributed by atoms with E-state index in [-0.39, 0.29) is 0 Å². The Morgan fingerprint density at radius 1 is 0.966 bits per heavy atom. The lowest BCUT2D eigenvalue weighted by Crippen LogP contribution is -2.07. The second-order valence-electron chi connectivity index (χ2n) is 6.91. The number of rotatable bonds is 16. The quantitative estimate of drug-likeness (QED) is 0.116. The molecule has 1 aromatic rings. The van der Waals surface area contributed by atoms with Gasteiger partial charge in [0.15, 0.2) is 11.5 Å². The van der Waals surface area contributed by atoms with Crippen LogP contribution in [-0.2, 0) is 4.79 Å². The van der Waals surface area contributed by atoms with Crippen molar-refractivity contribution in [1.82, 2.24) is 0 Å². The second-order valence-corrected chi connectivity index (χ2v) is 16.2. The molecule has 1 rings (SSSR count). The number of aliphatic carboxylic acids is 1. The van der Waals surface area contributed by atoms with Gasteiger partial charge in [-0.05, 0) is 42.7 Å². The van der Waals surface area contributed by atoms with Crippen LogP contribution in [0.5, 0.6) is 11.5 Å². The molecular formula is C21H31Cl3O4Si. The van der Waals surface area contributed by atoms with E-state index in [2.05, 4.69) is 6.92 Å². The molecule has 0 saturated heterocycles.